The maximum atomic E-state index is 14.3. The third-order valence-corrected chi connectivity index (χ3v) is 12.4. The maximum absolute atomic E-state index is 14.3. The lowest BCUT2D eigenvalue weighted by Crippen LogP contribution is -2.49. The molecule has 0 fully saturated rings. The van der Waals surface area contributed by atoms with Crippen LogP contribution in [-0.4, -0.2) is 40.2 Å². The number of hydrogen-bond acceptors (Lipinski definition) is 6. The normalized spacial score (nSPS) is 15.3. The molecule has 32 heavy (non-hydrogen) atoms. The summed E-state index contributed by atoms with van der Waals surface area (Å²) in [4.78, 5) is -3.27. The second-order valence-electron chi connectivity index (χ2n) is 6.12. The molecule has 0 heterocycles. The molecule has 0 radical (unpaired) electrons. The maximum Gasteiger partial charge on any atom is 0.499 e. The zero-order chi connectivity index (χ0) is 25.8. The van der Waals surface area contributed by atoms with Crippen LogP contribution < -0.4 is 0 Å². The molecule has 0 amide bonds. The molecule has 0 aromatic heterocycles. The Kier molecular flexibility index (Phi) is 7.37. The smallest absolute Gasteiger partial charge is 0.221 e. The molecule has 0 saturated carbocycles. The molecule has 186 valence electrons. The van der Waals surface area contributed by atoms with Crippen molar-refractivity contribution in [2.45, 2.75) is 46.0 Å². The fourth-order valence-corrected chi connectivity index (χ4v) is 9.53. The SMILES string of the molecule is CCC(C)c1c(F)c(F)c(S(=O)(=O)C(S(=O)(=O)C(F)(F)F)S(=O)(=O)C(F)(F)F)c(F)c1F. The van der Waals surface area contributed by atoms with Gasteiger partial charge >= 0.3 is 11.0 Å². The highest BCUT2D eigenvalue weighted by atomic mass is 32.3. The highest BCUT2D eigenvalue weighted by molar-refractivity contribution is 8.24. The average molecular weight is 548 g/mol. The van der Waals surface area contributed by atoms with Gasteiger partial charge in [0.05, 0.1) is 0 Å². The van der Waals surface area contributed by atoms with E-state index < -0.39 is 84.1 Å². The van der Waals surface area contributed by atoms with E-state index in [-0.39, 0.29) is 6.42 Å². The number of rotatable bonds is 6. The zero-order valence-corrected chi connectivity index (χ0v) is 17.8. The van der Waals surface area contributed by atoms with Crippen molar-refractivity contribution in [3.05, 3.63) is 28.8 Å². The fraction of sp³-hybridized carbons (Fsp3) is 0.538. The van der Waals surface area contributed by atoms with Crippen molar-refractivity contribution < 1.29 is 69.2 Å². The van der Waals surface area contributed by atoms with Gasteiger partial charge in [0.2, 0.25) is 9.84 Å². The summed E-state index contributed by atoms with van der Waals surface area (Å²) in [6.07, 6.45) is -0.258. The van der Waals surface area contributed by atoms with Gasteiger partial charge in [-0.05, 0) is 12.3 Å². The van der Waals surface area contributed by atoms with Gasteiger partial charge in [-0.3, -0.25) is 0 Å². The Labute approximate surface area is 174 Å². The lowest BCUT2D eigenvalue weighted by molar-refractivity contribution is -0.0462. The summed E-state index contributed by atoms with van der Waals surface area (Å²) in [5.41, 5.74) is -15.6. The lowest BCUT2D eigenvalue weighted by atomic mass is 9.97. The summed E-state index contributed by atoms with van der Waals surface area (Å²) < 4.78 is 199. The van der Waals surface area contributed by atoms with Crippen molar-refractivity contribution in [2.24, 2.45) is 0 Å². The Balaban J connectivity index is 4.28. The van der Waals surface area contributed by atoms with E-state index in [0.29, 0.717) is 0 Å². The number of benzene rings is 1. The molecule has 1 rings (SSSR count). The summed E-state index contributed by atoms with van der Waals surface area (Å²) in [6.45, 7) is 2.16. The van der Waals surface area contributed by atoms with E-state index in [0.717, 1.165) is 6.92 Å². The highest BCUT2D eigenvalue weighted by Gasteiger charge is 2.69. The quantitative estimate of drug-likeness (QED) is 0.397. The first kappa shape index (κ1) is 28.4. The van der Waals surface area contributed by atoms with Gasteiger partial charge in [0.15, 0.2) is 23.3 Å². The molecule has 19 heteroatoms. The first-order chi connectivity index (χ1) is 14.0. The minimum absolute atomic E-state index is 0.258. The van der Waals surface area contributed by atoms with E-state index in [2.05, 4.69) is 0 Å². The summed E-state index contributed by atoms with van der Waals surface area (Å²) >= 11 is 0. The third kappa shape index (κ3) is 4.29. The van der Waals surface area contributed by atoms with Crippen LogP contribution in [0.3, 0.4) is 0 Å². The second kappa shape index (κ2) is 8.30. The molecule has 6 nitrogen and oxygen atoms in total. The minimum atomic E-state index is -7.95. The molecule has 0 aliphatic rings. The summed E-state index contributed by atoms with van der Waals surface area (Å²) in [5, 5.41) is 0. The topological polar surface area (TPSA) is 102 Å². The van der Waals surface area contributed by atoms with Crippen molar-refractivity contribution in [2.75, 3.05) is 0 Å². The number of halogens is 10. The van der Waals surface area contributed by atoms with Crippen LogP contribution in [0.5, 0.6) is 0 Å². The molecular weight excluding hydrogens is 538 g/mol. The molecule has 0 saturated heterocycles. The Morgan fingerprint density at radius 2 is 1.00 bits per heavy atom. The number of sulfone groups is 3. The van der Waals surface area contributed by atoms with Gasteiger partial charge < -0.3 is 0 Å². The summed E-state index contributed by atoms with van der Waals surface area (Å²) in [7, 11) is -23.4. The predicted octanol–water partition coefficient (Wildman–Crippen LogP) is 3.68. The van der Waals surface area contributed by atoms with Gasteiger partial charge in [0, 0.05) is 5.56 Å². The number of hydrogen-bond donors (Lipinski definition) is 0. The Hall–Kier alpha value is -1.63. The first-order valence-electron chi connectivity index (χ1n) is 7.69. The molecule has 0 spiro atoms. The molecule has 1 unspecified atom stereocenters. The molecule has 0 bridgehead atoms. The van der Waals surface area contributed by atoms with Gasteiger partial charge in [-0.1, -0.05) is 13.8 Å². The van der Waals surface area contributed by atoms with E-state index in [1.807, 2.05) is 0 Å². The molecule has 1 aromatic carbocycles. The Morgan fingerprint density at radius 3 is 1.25 bits per heavy atom. The van der Waals surface area contributed by atoms with Gasteiger partial charge in [0.25, 0.3) is 23.6 Å². The molecule has 0 aliphatic carbocycles. The third-order valence-electron chi connectivity index (χ3n) is 4.05. The van der Waals surface area contributed by atoms with Crippen LogP contribution in [0.2, 0.25) is 0 Å². The molecule has 1 aromatic rings. The summed E-state index contributed by atoms with van der Waals surface area (Å²) in [6, 6.07) is 0. The van der Waals surface area contributed by atoms with Crippen molar-refractivity contribution in [3.63, 3.8) is 0 Å². The standard InChI is InChI=1S/C13H10F10O6S3/c1-3-4(2)5-6(14)8(16)10(9(17)7(5)15)30(24,25)11(31(26,27)12(18,19)20)32(28,29)13(21,22)23/h4,11H,3H2,1-2H3. The second-order valence-corrected chi connectivity index (χ2v) is 13.0. The van der Waals surface area contributed by atoms with Crippen LogP contribution in [-0.2, 0) is 29.5 Å². The molecule has 0 N–H and O–H groups in total. The highest BCUT2D eigenvalue weighted by Crippen LogP contribution is 2.43. The van der Waals surface area contributed by atoms with Crippen LogP contribution in [0, 0.1) is 23.3 Å². The van der Waals surface area contributed by atoms with Gasteiger partial charge in [-0.25, -0.2) is 42.8 Å². The van der Waals surface area contributed by atoms with E-state index in [1.165, 1.54) is 6.92 Å². The van der Waals surface area contributed by atoms with Gasteiger partial charge in [-0.2, -0.15) is 26.3 Å². The van der Waals surface area contributed by atoms with Crippen molar-refractivity contribution in [1.82, 2.24) is 0 Å². The minimum Gasteiger partial charge on any atom is -0.221 e. The Bertz CT molecular complexity index is 1160. The predicted molar refractivity (Wildman–Crippen MR) is 85.9 cm³/mol. The number of alkyl halides is 6. The summed E-state index contributed by atoms with van der Waals surface area (Å²) in [5.74, 6) is -12.8. The van der Waals surface area contributed by atoms with E-state index in [4.69, 9.17) is 0 Å². The molecule has 0 aliphatic heterocycles. The van der Waals surface area contributed by atoms with E-state index in [1.54, 1.807) is 0 Å². The van der Waals surface area contributed by atoms with Crippen LogP contribution in [0.25, 0.3) is 0 Å². The Morgan fingerprint density at radius 1 is 0.688 bits per heavy atom. The molecule has 1 atom stereocenters. The van der Waals surface area contributed by atoms with Crippen molar-refractivity contribution in [3.8, 4) is 0 Å². The van der Waals surface area contributed by atoms with Crippen LogP contribution in [0.1, 0.15) is 31.7 Å². The monoisotopic (exact) mass is 548 g/mol. The van der Waals surface area contributed by atoms with Gasteiger partial charge in [0.1, 0.15) is 4.90 Å². The molecular formula is C13H10F10O6S3. The van der Waals surface area contributed by atoms with Crippen LogP contribution in [0.4, 0.5) is 43.9 Å². The van der Waals surface area contributed by atoms with Crippen molar-refractivity contribution in [1.29, 1.82) is 0 Å². The fourth-order valence-electron chi connectivity index (χ4n) is 2.33. The van der Waals surface area contributed by atoms with Gasteiger partial charge in [-0.15, -0.1) is 0 Å². The lowest BCUT2D eigenvalue weighted by Gasteiger charge is -2.22. The average Bonchev–Trinajstić information content (AvgIpc) is 2.57. The van der Waals surface area contributed by atoms with E-state index in [9.17, 15) is 69.2 Å². The first-order valence-corrected chi connectivity index (χ1v) is 12.3. The van der Waals surface area contributed by atoms with Crippen LogP contribution >= 0.6 is 0 Å². The van der Waals surface area contributed by atoms with Crippen LogP contribution in [0.15, 0.2) is 4.90 Å². The van der Waals surface area contributed by atoms with E-state index >= 15 is 0 Å². The van der Waals surface area contributed by atoms with Crippen molar-refractivity contribution >= 4 is 29.5 Å². The largest absolute Gasteiger partial charge is 0.499 e. The zero-order valence-electron chi connectivity index (χ0n) is 15.3.